The number of nitrogens with one attached hydrogen (secondary N) is 1. The van der Waals surface area contributed by atoms with Gasteiger partial charge in [0.25, 0.3) is 11.1 Å². The third-order valence-corrected chi connectivity index (χ3v) is 5.42. The van der Waals surface area contributed by atoms with Crippen LogP contribution in [0.25, 0.3) is 0 Å². The molecule has 0 fully saturated rings. The molecule has 1 amide bonds. The average Bonchev–Trinajstić information content (AvgIpc) is 3.05. The monoisotopic (exact) mass is 377 g/mol. The Morgan fingerprint density at radius 1 is 1.08 bits per heavy atom. The predicted molar refractivity (Wildman–Crippen MR) is 91.6 cm³/mol. The van der Waals surface area contributed by atoms with Gasteiger partial charge in [-0.05, 0) is 17.7 Å². The molecule has 0 saturated carbocycles. The van der Waals surface area contributed by atoms with E-state index in [0.717, 1.165) is 17.6 Å². The van der Waals surface area contributed by atoms with Gasteiger partial charge in [0.2, 0.25) is 15.0 Å². The summed E-state index contributed by atoms with van der Waals surface area (Å²) in [6.07, 6.45) is 0. The van der Waals surface area contributed by atoms with Gasteiger partial charge in [-0.1, -0.05) is 42.5 Å². The quantitative estimate of drug-likeness (QED) is 0.738. The van der Waals surface area contributed by atoms with E-state index < -0.39 is 21.6 Å². The van der Waals surface area contributed by atoms with Gasteiger partial charge in [-0.2, -0.15) is 9.36 Å². The molecule has 0 unspecified atom stereocenters. The molecule has 128 valence electrons. The van der Waals surface area contributed by atoms with E-state index in [1.807, 2.05) is 0 Å². The number of amides is 1. The minimum atomic E-state index is -3.74. The Hall–Kier alpha value is -2.65. The summed E-state index contributed by atoms with van der Waals surface area (Å²) >= 11 is 0.721. The summed E-state index contributed by atoms with van der Waals surface area (Å²) in [5.74, 6) is -1.65. The maximum absolute atomic E-state index is 13.6. The standard InChI is InChI=1S/C16H12FN3O3S2/c17-13-9-5-4-8-12(13)14(21)18-15-19-16(20-24-15)25(22,23)10-11-6-2-1-3-7-11/h1-9H,10H2,(H,18,19,20,21). The van der Waals surface area contributed by atoms with E-state index in [1.165, 1.54) is 18.2 Å². The molecule has 0 atom stereocenters. The third-order valence-electron chi connectivity index (χ3n) is 3.22. The smallest absolute Gasteiger partial charge is 0.261 e. The second-order valence-electron chi connectivity index (χ2n) is 5.06. The summed E-state index contributed by atoms with van der Waals surface area (Å²) in [6.45, 7) is 0. The Bertz CT molecular complexity index is 1000. The number of benzene rings is 2. The molecule has 25 heavy (non-hydrogen) atoms. The average molecular weight is 377 g/mol. The molecule has 1 N–H and O–H groups in total. The Balaban J connectivity index is 1.76. The van der Waals surface area contributed by atoms with Crippen molar-refractivity contribution >= 4 is 32.4 Å². The van der Waals surface area contributed by atoms with Crippen LogP contribution in [0, 0.1) is 5.82 Å². The number of halogens is 1. The van der Waals surface area contributed by atoms with Crippen molar-refractivity contribution in [3.05, 3.63) is 71.5 Å². The molecule has 1 aromatic heterocycles. The summed E-state index contributed by atoms with van der Waals surface area (Å²) in [6, 6.07) is 14.1. The zero-order valence-electron chi connectivity index (χ0n) is 12.7. The number of rotatable bonds is 5. The molecule has 3 aromatic rings. The lowest BCUT2D eigenvalue weighted by Gasteiger charge is -2.02. The van der Waals surface area contributed by atoms with Crippen molar-refractivity contribution in [2.75, 3.05) is 5.32 Å². The number of sulfone groups is 1. The lowest BCUT2D eigenvalue weighted by atomic mass is 10.2. The second-order valence-corrected chi connectivity index (χ2v) is 7.70. The molecule has 0 spiro atoms. The Kier molecular flexibility index (Phi) is 4.86. The topological polar surface area (TPSA) is 89.0 Å². The zero-order valence-corrected chi connectivity index (χ0v) is 14.3. The highest BCUT2D eigenvalue weighted by Gasteiger charge is 2.22. The van der Waals surface area contributed by atoms with Gasteiger partial charge in [0, 0.05) is 11.5 Å². The van der Waals surface area contributed by atoms with Crippen LogP contribution in [0.5, 0.6) is 0 Å². The van der Waals surface area contributed by atoms with Crippen LogP contribution in [-0.4, -0.2) is 23.7 Å². The first-order valence-corrected chi connectivity index (χ1v) is 9.54. The van der Waals surface area contributed by atoms with E-state index in [9.17, 15) is 17.6 Å². The van der Waals surface area contributed by atoms with Crippen molar-refractivity contribution in [2.24, 2.45) is 0 Å². The molecular weight excluding hydrogens is 365 g/mol. The fourth-order valence-electron chi connectivity index (χ4n) is 2.06. The van der Waals surface area contributed by atoms with Crippen LogP contribution in [0.4, 0.5) is 9.52 Å². The number of aromatic nitrogens is 2. The SMILES string of the molecule is O=C(Nc1nc(S(=O)(=O)Cc2ccccc2)ns1)c1ccccc1F. The van der Waals surface area contributed by atoms with Crippen LogP contribution < -0.4 is 5.32 Å². The number of carbonyl (C=O) groups is 1. The predicted octanol–water partition coefficient (Wildman–Crippen LogP) is 2.90. The molecule has 3 rings (SSSR count). The van der Waals surface area contributed by atoms with Gasteiger partial charge in [-0.3, -0.25) is 10.1 Å². The number of carbonyl (C=O) groups excluding carboxylic acids is 1. The molecule has 2 aromatic carbocycles. The minimum Gasteiger partial charge on any atom is -0.296 e. The van der Waals surface area contributed by atoms with Crippen LogP contribution in [-0.2, 0) is 15.6 Å². The van der Waals surface area contributed by atoms with Crippen molar-refractivity contribution in [3.63, 3.8) is 0 Å². The highest BCUT2D eigenvalue weighted by Crippen LogP contribution is 2.20. The van der Waals surface area contributed by atoms with E-state index in [-0.39, 0.29) is 21.6 Å². The van der Waals surface area contributed by atoms with Gasteiger partial charge in [0.15, 0.2) is 0 Å². The Morgan fingerprint density at radius 3 is 2.48 bits per heavy atom. The number of hydrogen-bond acceptors (Lipinski definition) is 6. The van der Waals surface area contributed by atoms with Gasteiger partial charge in [0.1, 0.15) is 5.82 Å². The summed E-state index contributed by atoms with van der Waals surface area (Å²) in [7, 11) is -3.74. The molecule has 0 aliphatic heterocycles. The first kappa shape index (κ1) is 17.2. The molecule has 0 bridgehead atoms. The number of hydrogen-bond donors (Lipinski definition) is 1. The van der Waals surface area contributed by atoms with E-state index >= 15 is 0 Å². The molecule has 9 heteroatoms. The van der Waals surface area contributed by atoms with E-state index in [0.29, 0.717) is 5.56 Å². The van der Waals surface area contributed by atoms with Crippen molar-refractivity contribution in [2.45, 2.75) is 10.9 Å². The van der Waals surface area contributed by atoms with Gasteiger partial charge >= 0.3 is 0 Å². The first-order valence-electron chi connectivity index (χ1n) is 7.12. The van der Waals surface area contributed by atoms with Gasteiger partial charge < -0.3 is 0 Å². The summed E-state index contributed by atoms with van der Waals surface area (Å²) in [4.78, 5) is 15.9. The van der Waals surface area contributed by atoms with Crippen LogP contribution in [0.1, 0.15) is 15.9 Å². The first-order chi connectivity index (χ1) is 12.0. The summed E-state index contributed by atoms with van der Waals surface area (Å²) in [5, 5.41) is 1.97. The highest BCUT2D eigenvalue weighted by molar-refractivity contribution is 7.90. The van der Waals surface area contributed by atoms with Crippen LogP contribution >= 0.6 is 11.5 Å². The Morgan fingerprint density at radius 2 is 1.76 bits per heavy atom. The summed E-state index contributed by atoms with van der Waals surface area (Å²) < 4.78 is 42.0. The largest absolute Gasteiger partial charge is 0.296 e. The van der Waals surface area contributed by atoms with Crippen molar-refractivity contribution in [3.8, 4) is 0 Å². The van der Waals surface area contributed by atoms with Gasteiger partial charge in [0.05, 0.1) is 11.3 Å². The normalized spacial score (nSPS) is 11.2. The molecule has 0 saturated heterocycles. The van der Waals surface area contributed by atoms with Crippen LogP contribution in [0.15, 0.2) is 59.8 Å². The van der Waals surface area contributed by atoms with Gasteiger partial charge in [-0.15, -0.1) is 0 Å². The fraction of sp³-hybridized carbons (Fsp3) is 0.0625. The van der Waals surface area contributed by atoms with E-state index in [2.05, 4.69) is 14.7 Å². The third kappa shape index (κ3) is 4.06. The maximum atomic E-state index is 13.6. The minimum absolute atomic E-state index is 0.0140. The fourth-order valence-corrected chi connectivity index (χ4v) is 4.14. The van der Waals surface area contributed by atoms with E-state index in [1.54, 1.807) is 30.3 Å². The maximum Gasteiger partial charge on any atom is 0.261 e. The van der Waals surface area contributed by atoms with Crippen molar-refractivity contribution in [1.82, 2.24) is 9.36 Å². The zero-order chi connectivity index (χ0) is 17.9. The molecular formula is C16H12FN3O3S2. The number of anilines is 1. The molecule has 6 nitrogen and oxygen atoms in total. The van der Waals surface area contributed by atoms with Crippen LogP contribution in [0.3, 0.4) is 0 Å². The Labute approximate surface area is 147 Å². The summed E-state index contributed by atoms with van der Waals surface area (Å²) in [5.41, 5.74) is 0.445. The van der Waals surface area contributed by atoms with Gasteiger partial charge in [-0.25, -0.2) is 12.8 Å². The lowest BCUT2D eigenvalue weighted by molar-refractivity contribution is 0.102. The van der Waals surface area contributed by atoms with Crippen molar-refractivity contribution < 1.29 is 17.6 Å². The molecule has 0 radical (unpaired) electrons. The molecule has 0 aliphatic carbocycles. The highest BCUT2D eigenvalue weighted by atomic mass is 32.2. The second kappa shape index (κ2) is 7.08. The van der Waals surface area contributed by atoms with Crippen LogP contribution in [0.2, 0.25) is 0 Å². The molecule has 0 aliphatic rings. The van der Waals surface area contributed by atoms with E-state index in [4.69, 9.17) is 0 Å². The van der Waals surface area contributed by atoms with Crippen molar-refractivity contribution in [1.29, 1.82) is 0 Å². The number of nitrogens with zero attached hydrogens (tertiary/aromatic N) is 2. The lowest BCUT2D eigenvalue weighted by Crippen LogP contribution is -2.14. The molecule has 1 heterocycles.